The van der Waals surface area contributed by atoms with Gasteiger partial charge in [-0.2, -0.15) is 0 Å². The molecule has 16 heavy (non-hydrogen) atoms. The highest BCUT2D eigenvalue weighted by Crippen LogP contribution is 2.25. The molecule has 4 nitrogen and oxygen atoms in total. The van der Waals surface area contributed by atoms with E-state index in [2.05, 4.69) is 5.32 Å². The van der Waals surface area contributed by atoms with Gasteiger partial charge in [-0.1, -0.05) is 12.1 Å². The van der Waals surface area contributed by atoms with Gasteiger partial charge >= 0.3 is 0 Å². The number of hydrogen-bond donors (Lipinski definition) is 1. The third-order valence-corrected chi connectivity index (χ3v) is 3.93. The zero-order valence-corrected chi connectivity index (χ0v) is 9.88. The van der Waals surface area contributed by atoms with Crippen LogP contribution in [0.5, 0.6) is 0 Å². The van der Waals surface area contributed by atoms with E-state index in [1.54, 1.807) is 12.1 Å². The first kappa shape index (κ1) is 11.4. The molecule has 0 unspecified atom stereocenters. The lowest BCUT2D eigenvalue weighted by Gasteiger charge is -2.10. The van der Waals surface area contributed by atoms with E-state index in [1.807, 2.05) is 0 Å². The van der Waals surface area contributed by atoms with Gasteiger partial charge in [-0.15, -0.1) is 0 Å². The highest BCUT2D eigenvalue weighted by molar-refractivity contribution is 8.13. The van der Waals surface area contributed by atoms with Crippen molar-refractivity contribution in [2.45, 2.75) is 23.8 Å². The van der Waals surface area contributed by atoms with Crippen molar-refractivity contribution in [3.63, 3.8) is 0 Å². The maximum Gasteiger partial charge on any atom is 0.261 e. The molecule has 1 heterocycles. The van der Waals surface area contributed by atoms with E-state index < -0.39 is 9.05 Å². The number of carbonyl (C=O) groups is 1. The summed E-state index contributed by atoms with van der Waals surface area (Å²) in [6, 6.07) is 6.22. The van der Waals surface area contributed by atoms with Crippen molar-refractivity contribution in [1.82, 2.24) is 5.32 Å². The molecular formula is C10H10ClNO3S. The maximum atomic E-state index is 11.0. The summed E-state index contributed by atoms with van der Waals surface area (Å²) in [5.41, 5.74) is 0.898. The van der Waals surface area contributed by atoms with Gasteiger partial charge in [-0.05, 0) is 24.1 Å². The molecule has 0 radical (unpaired) electrons. The van der Waals surface area contributed by atoms with Crippen molar-refractivity contribution in [2.75, 3.05) is 0 Å². The second-order valence-corrected chi connectivity index (χ2v) is 6.23. The second kappa shape index (κ2) is 4.07. The fourth-order valence-corrected chi connectivity index (χ4v) is 2.50. The minimum atomic E-state index is -3.67. The van der Waals surface area contributed by atoms with Crippen LogP contribution in [0.25, 0.3) is 0 Å². The highest BCUT2D eigenvalue weighted by atomic mass is 35.7. The van der Waals surface area contributed by atoms with E-state index in [0.29, 0.717) is 6.42 Å². The third-order valence-electron chi connectivity index (χ3n) is 2.56. The molecule has 1 saturated heterocycles. The van der Waals surface area contributed by atoms with Crippen molar-refractivity contribution in [3.8, 4) is 0 Å². The molecule has 0 bridgehead atoms. The summed E-state index contributed by atoms with van der Waals surface area (Å²) < 4.78 is 22.0. The highest BCUT2D eigenvalue weighted by Gasteiger charge is 2.22. The quantitative estimate of drug-likeness (QED) is 0.820. The number of nitrogens with one attached hydrogen (secondary N) is 1. The van der Waals surface area contributed by atoms with Crippen LogP contribution in [0.3, 0.4) is 0 Å². The Balaban J connectivity index is 2.23. The Labute approximate surface area is 98.0 Å². The molecule has 0 aromatic heterocycles. The number of amides is 1. The van der Waals surface area contributed by atoms with E-state index in [1.165, 1.54) is 12.1 Å². The Morgan fingerprint density at radius 3 is 2.31 bits per heavy atom. The van der Waals surface area contributed by atoms with Crippen LogP contribution >= 0.6 is 10.7 Å². The van der Waals surface area contributed by atoms with Crippen LogP contribution in [0.1, 0.15) is 24.4 Å². The molecule has 0 aliphatic carbocycles. The molecule has 2 rings (SSSR count). The minimum Gasteiger partial charge on any atom is -0.349 e. The Bertz CT molecular complexity index is 509. The molecule has 1 aromatic carbocycles. The lowest BCUT2D eigenvalue weighted by Crippen LogP contribution is -2.18. The number of benzene rings is 1. The van der Waals surface area contributed by atoms with Gasteiger partial charge in [0.15, 0.2) is 0 Å². The third kappa shape index (κ3) is 2.36. The monoisotopic (exact) mass is 259 g/mol. The number of hydrogen-bond acceptors (Lipinski definition) is 3. The smallest absolute Gasteiger partial charge is 0.261 e. The van der Waals surface area contributed by atoms with Crippen molar-refractivity contribution >= 4 is 25.6 Å². The topological polar surface area (TPSA) is 63.2 Å². The van der Waals surface area contributed by atoms with Gasteiger partial charge in [-0.3, -0.25) is 4.79 Å². The lowest BCUT2D eigenvalue weighted by molar-refractivity contribution is -0.119. The van der Waals surface area contributed by atoms with Crippen molar-refractivity contribution in [1.29, 1.82) is 0 Å². The van der Waals surface area contributed by atoms with Crippen LogP contribution in [0.4, 0.5) is 0 Å². The van der Waals surface area contributed by atoms with E-state index in [-0.39, 0.29) is 16.8 Å². The van der Waals surface area contributed by atoms with Gasteiger partial charge in [0.25, 0.3) is 9.05 Å². The molecule has 1 N–H and O–H groups in total. The van der Waals surface area contributed by atoms with Crippen LogP contribution < -0.4 is 5.32 Å². The fraction of sp³-hybridized carbons (Fsp3) is 0.300. The zero-order valence-electron chi connectivity index (χ0n) is 8.31. The molecule has 6 heteroatoms. The van der Waals surface area contributed by atoms with E-state index in [9.17, 15) is 13.2 Å². The van der Waals surface area contributed by atoms with Crippen LogP contribution in [0.2, 0.25) is 0 Å². The Morgan fingerprint density at radius 2 is 1.88 bits per heavy atom. The van der Waals surface area contributed by atoms with Crippen LogP contribution in [0.15, 0.2) is 29.2 Å². The largest absolute Gasteiger partial charge is 0.349 e. The molecule has 1 fully saturated rings. The second-order valence-electron chi connectivity index (χ2n) is 3.67. The number of rotatable bonds is 2. The maximum absolute atomic E-state index is 11.0. The summed E-state index contributed by atoms with van der Waals surface area (Å²) in [6.07, 6.45) is 1.26. The van der Waals surface area contributed by atoms with Gasteiger partial charge in [0.1, 0.15) is 0 Å². The molecule has 1 atom stereocenters. The molecule has 1 aliphatic rings. The molecule has 0 spiro atoms. The average Bonchev–Trinajstić information content (AvgIpc) is 2.64. The van der Waals surface area contributed by atoms with Crippen LogP contribution in [-0.2, 0) is 13.8 Å². The lowest BCUT2D eigenvalue weighted by atomic mass is 10.1. The summed E-state index contributed by atoms with van der Waals surface area (Å²) in [7, 11) is 1.53. The molecule has 1 amide bonds. The Kier molecular flexibility index (Phi) is 2.90. The Morgan fingerprint density at radius 1 is 1.25 bits per heavy atom. The van der Waals surface area contributed by atoms with Gasteiger partial charge in [-0.25, -0.2) is 8.42 Å². The van der Waals surface area contributed by atoms with Crippen molar-refractivity contribution in [3.05, 3.63) is 29.8 Å². The molecule has 1 aliphatic heterocycles. The van der Waals surface area contributed by atoms with Crippen molar-refractivity contribution < 1.29 is 13.2 Å². The van der Waals surface area contributed by atoms with Gasteiger partial charge in [0.2, 0.25) is 5.91 Å². The molecule has 86 valence electrons. The van der Waals surface area contributed by atoms with Crippen LogP contribution in [-0.4, -0.2) is 14.3 Å². The zero-order chi connectivity index (χ0) is 11.8. The SMILES string of the molecule is O=C1CC[C@H](c2ccc(S(=O)(=O)Cl)cc2)N1. The van der Waals surface area contributed by atoms with Crippen LogP contribution in [0, 0.1) is 0 Å². The van der Waals surface area contributed by atoms with Gasteiger partial charge in [0.05, 0.1) is 10.9 Å². The first-order chi connectivity index (χ1) is 7.47. The Hall–Kier alpha value is -1.07. The normalized spacial score (nSPS) is 20.8. The summed E-state index contributed by atoms with van der Waals surface area (Å²) in [5, 5.41) is 2.81. The van der Waals surface area contributed by atoms with E-state index >= 15 is 0 Å². The molecule has 1 aromatic rings. The predicted octanol–water partition coefficient (Wildman–Crippen LogP) is 1.57. The average molecular weight is 260 g/mol. The molecular weight excluding hydrogens is 250 g/mol. The predicted molar refractivity (Wildman–Crippen MR) is 59.6 cm³/mol. The summed E-state index contributed by atoms with van der Waals surface area (Å²) >= 11 is 0. The summed E-state index contributed by atoms with van der Waals surface area (Å²) in [4.78, 5) is 11.1. The summed E-state index contributed by atoms with van der Waals surface area (Å²) in [5.74, 6) is 0.0269. The number of halogens is 1. The van der Waals surface area contributed by atoms with Gasteiger partial charge in [0, 0.05) is 17.1 Å². The number of carbonyl (C=O) groups excluding carboxylic acids is 1. The minimum absolute atomic E-state index is 0.0143. The fourth-order valence-electron chi connectivity index (χ4n) is 1.73. The van der Waals surface area contributed by atoms with Gasteiger partial charge < -0.3 is 5.32 Å². The van der Waals surface area contributed by atoms with E-state index in [0.717, 1.165) is 12.0 Å². The standard InChI is InChI=1S/C10H10ClNO3S/c11-16(14,15)8-3-1-7(2-4-8)9-5-6-10(13)12-9/h1-4,9H,5-6H2,(H,12,13)/t9-/m1/s1. The molecule has 0 saturated carbocycles. The summed E-state index contributed by atoms with van der Waals surface area (Å²) in [6.45, 7) is 0. The first-order valence-electron chi connectivity index (χ1n) is 4.81. The van der Waals surface area contributed by atoms with Crippen molar-refractivity contribution in [2.24, 2.45) is 0 Å². The van der Waals surface area contributed by atoms with E-state index in [4.69, 9.17) is 10.7 Å². The first-order valence-corrected chi connectivity index (χ1v) is 7.12.